The number of carbonyl (C=O) groups excluding carboxylic acids is 1. The molecule has 0 saturated heterocycles. The van der Waals surface area contributed by atoms with Gasteiger partial charge in [-0.1, -0.05) is 23.7 Å². The fourth-order valence-electron chi connectivity index (χ4n) is 3.46. The van der Waals surface area contributed by atoms with E-state index in [1.807, 2.05) is 18.2 Å². The van der Waals surface area contributed by atoms with E-state index < -0.39 is 0 Å². The molecule has 142 valence electrons. The fourth-order valence-corrected chi connectivity index (χ4v) is 3.71. The summed E-state index contributed by atoms with van der Waals surface area (Å²) in [6.07, 6.45) is 6.83. The van der Waals surface area contributed by atoms with E-state index >= 15 is 0 Å². The van der Waals surface area contributed by atoms with Gasteiger partial charge in [0.2, 0.25) is 0 Å². The summed E-state index contributed by atoms with van der Waals surface area (Å²) in [5.74, 6) is 0.908. The molecular weight excluding hydrogens is 376 g/mol. The Bertz CT molecular complexity index is 1080. The number of ketones is 1. The number of Topliss-reactive ketones (excluding diaryl/α,β-unsaturated/α-hetero) is 1. The van der Waals surface area contributed by atoms with Crippen LogP contribution in [-0.4, -0.2) is 15.3 Å². The van der Waals surface area contributed by atoms with Gasteiger partial charge in [0.25, 0.3) is 5.56 Å². The van der Waals surface area contributed by atoms with Gasteiger partial charge in [0, 0.05) is 49.6 Å². The summed E-state index contributed by atoms with van der Waals surface area (Å²) < 4.78 is 7.56. The van der Waals surface area contributed by atoms with E-state index in [9.17, 15) is 9.59 Å². The molecule has 0 atom stereocenters. The van der Waals surface area contributed by atoms with Gasteiger partial charge in [-0.25, -0.2) is 0 Å². The first kappa shape index (κ1) is 18.4. The molecule has 3 aromatic rings. The van der Waals surface area contributed by atoms with Crippen molar-refractivity contribution in [3.05, 3.63) is 81.0 Å². The topological polar surface area (TPSA) is 61.2 Å². The molecule has 0 aliphatic heterocycles. The van der Waals surface area contributed by atoms with Crippen molar-refractivity contribution >= 4 is 17.4 Å². The van der Waals surface area contributed by atoms with E-state index in [0.717, 1.165) is 27.8 Å². The monoisotopic (exact) mass is 394 g/mol. The Labute approximate surface area is 167 Å². The van der Waals surface area contributed by atoms with Crippen LogP contribution in [0.1, 0.15) is 23.1 Å². The molecule has 0 fully saturated rings. The zero-order chi connectivity index (χ0) is 19.7. The summed E-state index contributed by atoms with van der Waals surface area (Å²) in [4.78, 5) is 28.0. The van der Waals surface area contributed by atoms with E-state index in [1.165, 1.54) is 4.57 Å². The van der Waals surface area contributed by atoms with Gasteiger partial charge in [0.1, 0.15) is 23.2 Å². The Morgan fingerprint density at radius 3 is 2.79 bits per heavy atom. The highest BCUT2D eigenvalue weighted by molar-refractivity contribution is 6.30. The fraction of sp³-hybridized carbons (Fsp3) is 0.227. The lowest BCUT2D eigenvalue weighted by Gasteiger charge is -2.21. The van der Waals surface area contributed by atoms with Crippen molar-refractivity contribution in [1.82, 2.24) is 9.55 Å². The predicted molar refractivity (Wildman–Crippen MR) is 108 cm³/mol. The summed E-state index contributed by atoms with van der Waals surface area (Å²) in [5, 5.41) is 0.172. The van der Waals surface area contributed by atoms with Crippen molar-refractivity contribution in [3.63, 3.8) is 0 Å². The molecule has 4 rings (SSSR count). The highest BCUT2D eigenvalue weighted by atomic mass is 35.5. The largest absolute Gasteiger partial charge is 0.489 e. The first-order valence-electron chi connectivity index (χ1n) is 9.07. The quantitative estimate of drug-likeness (QED) is 0.676. The number of aryl methyl sites for hydroxylation is 2. The second-order valence-electron chi connectivity index (χ2n) is 6.97. The Morgan fingerprint density at radius 2 is 2.04 bits per heavy atom. The van der Waals surface area contributed by atoms with E-state index in [0.29, 0.717) is 31.6 Å². The van der Waals surface area contributed by atoms with Gasteiger partial charge in [-0.3, -0.25) is 14.6 Å². The van der Waals surface area contributed by atoms with Gasteiger partial charge in [0.15, 0.2) is 0 Å². The summed E-state index contributed by atoms with van der Waals surface area (Å²) in [6, 6.07) is 9.46. The molecule has 0 saturated carbocycles. The normalized spacial score (nSPS) is 13.3. The van der Waals surface area contributed by atoms with Crippen molar-refractivity contribution < 1.29 is 9.53 Å². The average Bonchev–Trinajstić information content (AvgIpc) is 2.70. The van der Waals surface area contributed by atoms with Crippen LogP contribution in [0.15, 0.2) is 53.7 Å². The summed E-state index contributed by atoms with van der Waals surface area (Å²) in [7, 11) is 1.68. The Kier molecular flexibility index (Phi) is 5.01. The molecule has 2 aromatic heterocycles. The van der Waals surface area contributed by atoms with Crippen molar-refractivity contribution in [1.29, 1.82) is 0 Å². The van der Waals surface area contributed by atoms with Crippen LogP contribution in [0.2, 0.25) is 5.02 Å². The first-order chi connectivity index (χ1) is 13.5. The Morgan fingerprint density at radius 1 is 1.18 bits per heavy atom. The molecule has 1 aromatic carbocycles. The summed E-state index contributed by atoms with van der Waals surface area (Å²) in [6.45, 7) is 0.367. The number of hydrogen-bond acceptors (Lipinski definition) is 4. The van der Waals surface area contributed by atoms with E-state index in [-0.39, 0.29) is 16.4 Å². The molecule has 0 unspecified atom stereocenters. The Balaban J connectivity index is 1.76. The van der Waals surface area contributed by atoms with Gasteiger partial charge in [0.05, 0.1) is 0 Å². The van der Waals surface area contributed by atoms with Gasteiger partial charge >= 0.3 is 0 Å². The standard InChI is InChI=1S/C22H19ClN2O3/c1-25-12-17(8-20(23)22(25)27)16-7-15-4-5-18(26)10-19(15)21(9-16)28-13-14-3-2-6-24-11-14/h2-3,6-9,11-12H,4-5,10,13H2,1H3. The second kappa shape index (κ2) is 7.60. The molecule has 1 aliphatic carbocycles. The molecule has 6 heteroatoms. The Hall–Kier alpha value is -2.92. The zero-order valence-corrected chi connectivity index (χ0v) is 16.2. The molecule has 5 nitrogen and oxygen atoms in total. The van der Waals surface area contributed by atoms with Gasteiger partial charge in [-0.05, 0) is 41.3 Å². The second-order valence-corrected chi connectivity index (χ2v) is 7.38. The average molecular weight is 395 g/mol. The van der Waals surface area contributed by atoms with Crippen molar-refractivity contribution in [2.45, 2.75) is 25.9 Å². The van der Waals surface area contributed by atoms with Crippen LogP contribution < -0.4 is 10.3 Å². The lowest BCUT2D eigenvalue weighted by Crippen LogP contribution is -2.17. The lowest BCUT2D eigenvalue weighted by atomic mass is 9.87. The molecule has 28 heavy (non-hydrogen) atoms. The molecule has 2 heterocycles. The lowest BCUT2D eigenvalue weighted by molar-refractivity contribution is -0.118. The predicted octanol–water partition coefficient (Wildman–Crippen LogP) is 3.74. The van der Waals surface area contributed by atoms with E-state index in [2.05, 4.69) is 11.1 Å². The SMILES string of the molecule is Cn1cc(-c2cc3c(c(OCc4cccnc4)c2)CC(=O)CC3)cc(Cl)c1=O. The van der Waals surface area contributed by atoms with E-state index in [4.69, 9.17) is 16.3 Å². The maximum atomic E-state index is 12.0. The number of carbonyl (C=O) groups is 1. The number of halogens is 1. The first-order valence-corrected chi connectivity index (χ1v) is 9.45. The number of aromatic nitrogens is 2. The maximum absolute atomic E-state index is 12.0. The number of ether oxygens (including phenoxy) is 1. The van der Waals surface area contributed by atoms with Crippen LogP contribution in [-0.2, 0) is 31.3 Å². The highest BCUT2D eigenvalue weighted by Crippen LogP contribution is 2.35. The summed E-state index contributed by atoms with van der Waals surface area (Å²) in [5.41, 5.74) is 4.50. The molecule has 0 radical (unpaired) electrons. The van der Waals surface area contributed by atoms with Gasteiger partial charge in [-0.15, -0.1) is 0 Å². The van der Waals surface area contributed by atoms with Crippen LogP contribution in [0.5, 0.6) is 5.75 Å². The van der Waals surface area contributed by atoms with Crippen LogP contribution in [0.4, 0.5) is 0 Å². The van der Waals surface area contributed by atoms with Crippen LogP contribution in [0.25, 0.3) is 11.1 Å². The van der Waals surface area contributed by atoms with Gasteiger partial charge in [-0.2, -0.15) is 0 Å². The van der Waals surface area contributed by atoms with Crippen molar-refractivity contribution in [2.75, 3.05) is 0 Å². The van der Waals surface area contributed by atoms with Gasteiger partial charge < -0.3 is 9.30 Å². The molecule has 0 N–H and O–H groups in total. The smallest absolute Gasteiger partial charge is 0.269 e. The minimum absolute atomic E-state index is 0.172. The van der Waals surface area contributed by atoms with Crippen molar-refractivity contribution in [3.8, 4) is 16.9 Å². The third-order valence-electron chi connectivity index (χ3n) is 4.94. The maximum Gasteiger partial charge on any atom is 0.269 e. The minimum atomic E-state index is -0.234. The number of hydrogen-bond donors (Lipinski definition) is 0. The highest BCUT2D eigenvalue weighted by Gasteiger charge is 2.21. The number of rotatable bonds is 4. The van der Waals surface area contributed by atoms with E-state index in [1.54, 1.807) is 31.7 Å². The molecule has 0 amide bonds. The number of benzene rings is 1. The molecule has 0 bridgehead atoms. The van der Waals surface area contributed by atoms with Crippen molar-refractivity contribution in [2.24, 2.45) is 7.05 Å². The minimum Gasteiger partial charge on any atom is -0.489 e. The summed E-state index contributed by atoms with van der Waals surface area (Å²) >= 11 is 6.10. The van der Waals surface area contributed by atoms with Crippen LogP contribution >= 0.6 is 11.6 Å². The third-order valence-corrected chi connectivity index (χ3v) is 5.21. The van der Waals surface area contributed by atoms with Crippen LogP contribution in [0.3, 0.4) is 0 Å². The third kappa shape index (κ3) is 3.71. The zero-order valence-electron chi connectivity index (χ0n) is 15.4. The molecular formula is C22H19ClN2O3. The number of nitrogens with zero attached hydrogens (tertiary/aromatic N) is 2. The number of fused-ring (bicyclic) bond motifs is 1. The molecule has 0 spiro atoms. The van der Waals surface area contributed by atoms with Crippen LogP contribution in [0, 0.1) is 0 Å². The molecule has 1 aliphatic rings. The number of pyridine rings is 2.